The van der Waals surface area contributed by atoms with Crippen molar-refractivity contribution in [1.29, 1.82) is 0 Å². The number of piperidine rings is 1. The normalized spacial score (nSPS) is 38.2. The summed E-state index contributed by atoms with van der Waals surface area (Å²) in [4.78, 5) is 0. The first kappa shape index (κ1) is 10.0. The lowest BCUT2D eigenvalue weighted by atomic mass is 9.77. The summed E-state index contributed by atoms with van der Waals surface area (Å²) in [6, 6.07) is 0.251. The lowest BCUT2D eigenvalue weighted by Crippen LogP contribution is -2.55. The van der Waals surface area contributed by atoms with Gasteiger partial charge in [0.1, 0.15) is 0 Å². The molecule has 2 nitrogen and oxygen atoms in total. The first-order chi connectivity index (χ1) is 5.43. The second-order valence-corrected chi connectivity index (χ2v) is 5.05. The van der Waals surface area contributed by atoms with Crippen molar-refractivity contribution in [3.8, 4) is 0 Å². The zero-order valence-corrected chi connectivity index (χ0v) is 8.59. The molecule has 1 heterocycles. The predicted octanol–water partition coefficient (Wildman–Crippen LogP) is 1.39. The van der Waals surface area contributed by atoms with Gasteiger partial charge in [-0.25, -0.2) is 0 Å². The van der Waals surface area contributed by atoms with Gasteiger partial charge in [0, 0.05) is 6.04 Å². The van der Waals surface area contributed by atoms with Crippen molar-refractivity contribution in [1.82, 2.24) is 5.32 Å². The number of hydrogen-bond donors (Lipinski definition) is 2. The Morgan fingerprint density at radius 2 is 1.92 bits per heavy atom. The van der Waals surface area contributed by atoms with Crippen molar-refractivity contribution < 1.29 is 5.11 Å². The zero-order chi connectivity index (χ0) is 9.35. The maximum absolute atomic E-state index is 9.91. The van der Waals surface area contributed by atoms with Crippen molar-refractivity contribution in [2.24, 2.45) is 11.3 Å². The minimum absolute atomic E-state index is 0.161. The summed E-state index contributed by atoms with van der Waals surface area (Å²) in [6.45, 7) is 9.69. The summed E-state index contributed by atoms with van der Waals surface area (Å²) in [5, 5.41) is 13.3. The first-order valence-electron chi connectivity index (χ1n) is 4.84. The second kappa shape index (κ2) is 3.35. The summed E-state index contributed by atoms with van der Waals surface area (Å²) in [6.07, 6.45) is 0.909. The predicted molar refractivity (Wildman–Crippen MR) is 51.0 cm³/mol. The van der Waals surface area contributed by atoms with Crippen LogP contribution < -0.4 is 5.32 Å². The van der Waals surface area contributed by atoms with Crippen LogP contribution in [0.25, 0.3) is 0 Å². The van der Waals surface area contributed by atoms with Gasteiger partial charge in [0.05, 0.1) is 6.10 Å². The molecule has 0 aromatic heterocycles. The summed E-state index contributed by atoms with van der Waals surface area (Å²) in [5.41, 5.74) is 0.161. The molecule has 3 unspecified atom stereocenters. The van der Waals surface area contributed by atoms with Crippen molar-refractivity contribution in [2.75, 3.05) is 6.54 Å². The van der Waals surface area contributed by atoms with E-state index >= 15 is 0 Å². The fourth-order valence-corrected chi connectivity index (χ4v) is 1.91. The molecule has 12 heavy (non-hydrogen) atoms. The molecule has 2 heteroatoms. The third-order valence-electron chi connectivity index (χ3n) is 2.82. The standard InChI is InChI=1S/C10H21NO/c1-7-5-6-11-9(8(7)12)10(2,3)4/h7-9,11-12H,5-6H2,1-4H3. The molecule has 0 radical (unpaired) electrons. The van der Waals surface area contributed by atoms with E-state index in [0.717, 1.165) is 13.0 Å². The van der Waals surface area contributed by atoms with E-state index in [1.807, 2.05) is 0 Å². The molecule has 2 N–H and O–H groups in total. The summed E-state index contributed by atoms with van der Waals surface area (Å²) >= 11 is 0. The van der Waals surface area contributed by atoms with Gasteiger partial charge in [-0.2, -0.15) is 0 Å². The molecule has 1 rings (SSSR count). The van der Waals surface area contributed by atoms with Gasteiger partial charge < -0.3 is 10.4 Å². The molecule has 1 saturated heterocycles. The highest BCUT2D eigenvalue weighted by atomic mass is 16.3. The van der Waals surface area contributed by atoms with E-state index in [0.29, 0.717) is 5.92 Å². The molecule has 0 aliphatic carbocycles. The Hall–Kier alpha value is -0.0800. The molecule has 1 fully saturated rings. The first-order valence-corrected chi connectivity index (χ1v) is 4.84. The van der Waals surface area contributed by atoms with Gasteiger partial charge in [-0.3, -0.25) is 0 Å². The maximum atomic E-state index is 9.91. The molecule has 1 aliphatic rings. The number of aliphatic hydroxyl groups is 1. The number of rotatable bonds is 0. The van der Waals surface area contributed by atoms with Gasteiger partial charge in [0.2, 0.25) is 0 Å². The monoisotopic (exact) mass is 171 g/mol. The number of hydrogen-bond acceptors (Lipinski definition) is 2. The molecule has 1 aliphatic heterocycles. The van der Waals surface area contributed by atoms with Crippen LogP contribution in [0.5, 0.6) is 0 Å². The lowest BCUT2D eigenvalue weighted by Gasteiger charge is -2.41. The van der Waals surface area contributed by atoms with E-state index in [4.69, 9.17) is 0 Å². The van der Waals surface area contributed by atoms with E-state index in [1.54, 1.807) is 0 Å². The van der Waals surface area contributed by atoms with E-state index < -0.39 is 0 Å². The third-order valence-corrected chi connectivity index (χ3v) is 2.82. The molecular weight excluding hydrogens is 150 g/mol. The highest BCUT2D eigenvalue weighted by Crippen LogP contribution is 2.28. The lowest BCUT2D eigenvalue weighted by molar-refractivity contribution is 0.00756. The van der Waals surface area contributed by atoms with Crippen molar-refractivity contribution in [2.45, 2.75) is 46.3 Å². The Labute approximate surface area is 75.4 Å². The largest absolute Gasteiger partial charge is 0.391 e. The highest BCUT2D eigenvalue weighted by Gasteiger charge is 2.36. The van der Waals surface area contributed by atoms with Gasteiger partial charge in [-0.1, -0.05) is 27.7 Å². The van der Waals surface area contributed by atoms with Crippen LogP contribution in [0, 0.1) is 11.3 Å². The molecule has 0 amide bonds. The van der Waals surface area contributed by atoms with Crippen LogP contribution in [-0.2, 0) is 0 Å². The van der Waals surface area contributed by atoms with Gasteiger partial charge in [0.15, 0.2) is 0 Å². The third kappa shape index (κ3) is 1.99. The van der Waals surface area contributed by atoms with Crippen LogP contribution in [0.2, 0.25) is 0 Å². The Morgan fingerprint density at radius 1 is 1.33 bits per heavy atom. The fraction of sp³-hybridized carbons (Fsp3) is 1.00. The van der Waals surface area contributed by atoms with Crippen LogP contribution in [0.3, 0.4) is 0 Å². The molecule has 72 valence electrons. The van der Waals surface area contributed by atoms with Crippen molar-refractivity contribution in [3.63, 3.8) is 0 Å². The van der Waals surface area contributed by atoms with Crippen LogP contribution in [0.4, 0.5) is 0 Å². The van der Waals surface area contributed by atoms with E-state index in [-0.39, 0.29) is 17.6 Å². The van der Waals surface area contributed by atoms with Crippen molar-refractivity contribution >= 4 is 0 Å². The van der Waals surface area contributed by atoms with Crippen LogP contribution in [0.15, 0.2) is 0 Å². The van der Waals surface area contributed by atoms with E-state index in [9.17, 15) is 5.11 Å². The Bertz CT molecular complexity index is 150. The summed E-state index contributed by atoms with van der Waals surface area (Å²) in [5.74, 6) is 0.440. The summed E-state index contributed by atoms with van der Waals surface area (Å²) in [7, 11) is 0. The molecule has 0 bridgehead atoms. The Morgan fingerprint density at radius 3 is 2.33 bits per heavy atom. The molecule has 0 spiro atoms. The van der Waals surface area contributed by atoms with Crippen LogP contribution >= 0.6 is 0 Å². The molecule has 0 saturated carbocycles. The Kier molecular flexibility index (Phi) is 2.79. The summed E-state index contributed by atoms with van der Waals surface area (Å²) < 4.78 is 0. The minimum atomic E-state index is -0.182. The van der Waals surface area contributed by atoms with E-state index in [2.05, 4.69) is 33.0 Å². The second-order valence-electron chi connectivity index (χ2n) is 5.05. The molecule has 0 aromatic rings. The number of aliphatic hydroxyl groups excluding tert-OH is 1. The smallest absolute Gasteiger partial charge is 0.0724 e. The molecule has 3 atom stereocenters. The maximum Gasteiger partial charge on any atom is 0.0724 e. The Balaban J connectivity index is 2.64. The van der Waals surface area contributed by atoms with Gasteiger partial charge in [0.25, 0.3) is 0 Å². The zero-order valence-electron chi connectivity index (χ0n) is 8.59. The topological polar surface area (TPSA) is 32.3 Å². The van der Waals surface area contributed by atoms with Crippen LogP contribution in [0.1, 0.15) is 34.1 Å². The average molecular weight is 171 g/mol. The molecular formula is C10H21NO. The van der Waals surface area contributed by atoms with Crippen LogP contribution in [-0.4, -0.2) is 23.8 Å². The van der Waals surface area contributed by atoms with Gasteiger partial charge in [-0.15, -0.1) is 0 Å². The van der Waals surface area contributed by atoms with Gasteiger partial charge in [-0.05, 0) is 24.3 Å². The van der Waals surface area contributed by atoms with Crippen molar-refractivity contribution in [3.05, 3.63) is 0 Å². The molecule has 0 aromatic carbocycles. The minimum Gasteiger partial charge on any atom is -0.391 e. The highest BCUT2D eigenvalue weighted by molar-refractivity contribution is 4.92. The SMILES string of the molecule is CC1CCNC(C(C)(C)C)C1O. The fourth-order valence-electron chi connectivity index (χ4n) is 1.91. The van der Waals surface area contributed by atoms with Gasteiger partial charge >= 0.3 is 0 Å². The average Bonchev–Trinajstić information content (AvgIpc) is 1.92. The quantitative estimate of drug-likeness (QED) is 0.577. The number of nitrogens with one attached hydrogen (secondary N) is 1. The van der Waals surface area contributed by atoms with E-state index in [1.165, 1.54) is 0 Å².